The molecule has 17 atom stereocenters. The molecule has 4 bridgehead atoms. The van der Waals surface area contributed by atoms with Gasteiger partial charge in [0.1, 0.15) is 5.60 Å². The molecule has 0 aromatic heterocycles. The molecule has 254 valence electrons. The Labute approximate surface area is 265 Å². The molecule has 7 fully saturated rings. The Bertz CT molecular complexity index is 1250. The Morgan fingerprint density at radius 3 is 2.44 bits per heavy atom. The maximum Gasteiger partial charge on any atom is 0.309 e. The Morgan fingerprint density at radius 1 is 1.07 bits per heavy atom. The molecule has 1 unspecified atom stereocenters. The number of ether oxygens (including phenoxy) is 3. The van der Waals surface area contributed by atoms with Crippen molar-refractivity contribution in [3.05, 3.63) is 0 Å². The average molecular weight is 636 g/mol. The van der Waals surface area contributed by atoms with Crippen molar-refractivity contribution in [3.63, 3.8) is 0 Å². The number of esters is 2. The van der Waals surface area contributed by atoms with E-state index in [1.807, 2.05) is 13.8 Å². The lowest BCUT2D eigenvalue weighted by atomic mass is 9.49. The Kier molecular flexibility index (Phi) is 7.22. The molecule has 3 saturated heterocycles. The highest BCUT2D eigenvalue weighted by atomic mass is 16.7. The summed E-state index contributed by atoms with van der Waals surface area (Å²) in [6, 6.07) is -0.191. The zero-order valence-electron chi connectivity index (χ0n) is 27.5. The summed E-state index contributed by atoms with van der Waals surface area (Å²) in [5, 5.41) is 62.1. The van der Waals surface area contributed by atoms with Gasteiger partial charge in [-0.05, 0) is 69.6 Å². The van der Waals surface area contributed by atoms with Gasteiger partial charge in [0.15, 0.2) is 12.2 Å². The number of carbonyl (C=O) groups excluding carboxylic acids is 2. The van der Waals surface area contributed by atoms with Gasteiger partial charge in [-0.25, -0.2) is 0 Å². The van der Waals surface area contributed by atoms with Crippen molar-refractivity contribution in [1.29, 1.82) is 0 Å². The molecule has 0 aromatic rings. The van der Waals surface area contributed by atoms with Crippen molar-refractivity contribution in [1.82, 2.24) is 4.90 Å². The quantitative estimate of drug-likeness (QED) is 0.283. The van der Waals surface area contributed by atoms with E-state index >= 15 is 0 Å². The molecule has 45 heavy (non-hydrogen) atoms. The maximum atomic E-state index is 13.4. The molecule has 5 N–H and O–H groups in total. The predicted molar refractivity (Wildman–Crippen MR) is 159 cm³/mol. The normalized spacial score (nSPS) is 57.2. The van der Waals surface area contributed by atoms with Crippen LogP contribution in [0.15, 0.2) is 0 Å². The van der Waals surface area contributed by atoms with E-state index in [1.165, 1.54) is 6.92 Å². The third kappa shape index (κ3) is 3.95. The van der Waals surface area contributed by atoms with Crippen LogP contribution in [0.2, 0.25) is 0 Å². The standard InChI is InChI=1S/C34H53NO10/c1-7-17(3)29(39)44-28-26(38)25-19(15-35-14-16(2)8-9-23(35)31(25,6)40)20-13-32-27(33(20,28)41)21(37)12-22-30(32,5)11-10-24(43-18(4)36)34(22,42)45-32/h16-17,19-28,37-38,40-42H,7-15H2,1-6H3/t16-,17+,19-,20-,21+,22-,23-,24-,25+,26+,27+,28-,30-,31+,32+,33-,34?/m0/s1. The zero-order chi connectivity index (χ0) is 32.6. The smallest absolute Gasteiger partial charge is 0.309 e. The van der Waals surface area contributed by atoms with E-state index in [4.69, 9.17) is 14.2 Å². The van der Waals surface area contributed by atoms with Gasteiger partial charge in [0.05, 0.1) is 29.3 Å². The number of rotatable bonds is 4. The van der Waals surface area contributed by atoms with Gasteiger partial charge in [0.25, 0.3) is 0 Å². The molecule has 7 aliphatic rings. The molecule has 7 rings (SSSR count). The summed E-state index contributed by atoms with van der Waals surface area (Å²) >= 11 is 0. The fraction of sp³-hybridized carbons (Fsp3) is 0.941. The lowest BCUT2D eigenvalue weighted by molar-refractivity contribution is -0.299. The SMILES string of the molecule is CC[C@@H](C)C(=O)O[C@H]1[C@H](O)[C@H]2[C@@H](CN3C[C@@H](C)CC[C@H]3[C@@]2(C)O)[C@@H]2C[C@]34OC5(O)[C@@H](OC(C)=O)CC[C@@]3(C)[C@@H]5C[C@@H](O)[C@H]4[C@@]21O. The van der Waals surface area contributed by atoms with Crippen molar-refractivity contribution in [2.24, 2.45) is 46.8 Å². The van der Waals surface area contributed by atoms with Crippen LogP contribution in [0, 0.1) is 46.8 Å². The van der Waals surface area contributed by atoms with E-state index in [0.717, 1.165) is 19.4 Å². The highest BCUT2D eigenvalue weighted by molar-refractivity contribution is 5.72. The van der Waals surface area contributed by atoms with Gasteiger partial charge in [0.2, 0.25) is 5.79 Å². The summed E-state index contributed by atoms with van der Waals surface area (Å²) in [6.45, 7) is 12.2. The molecule has 1 spiro atoms. The average Bonchev–Trinajstić information content (AvgIpc) is 3.24. The van der Waals surface area contributed by atoms with Gasteiger partial charge in [-0.2, -0.15) is 0 Å². The second-order valence-electron chi connectivity index (χ2n) is 16.6. The Morgan fingerprint density at radius 2 is 1.78 bits per heavy atom. The van der Waals surface area contributed by atoms with Crippen LogP contribution in [-0.4, -0.2) is 109 Å². The van der Waals surface area contributed by atoms with Crippen LogP contribution in [0.4, 0.5) is 0 Å². The fourth-order valence-electron chi connectivity index (χ4n) is 12.3. The molecule has 3 heterocycles. The maximum absolute atomic E-state index is 13.4. The number of aliphatic hydroxyl groups is 5. The summed E-state index contributed by atoms with van der Waals surface area (Å²) in [5.41, 5.74) is -5.22. The van der Waals surface area contributed by atoms with Gasteiger partial charge < -0.3 is 39.7 Å². The molecular formula is C34H53NO10. The molecule has 0 radical (unpaired) electrons. The van der Waals surface area contributed by atoms with Crippen LogP contribution in [0.25, 0.3) is 0 Å². The minimum Gasteiger partial charge on any atom is -0.457 e. The van der Waals surface area contributed by atoms with Crippen LogP contribution < -0.4 is 0 Å². The largest absolute Gasteiger partial charge is 0.457 e. The number of hydrogen-bond donors (Lipinski definition) is 5. The van der Waals surface area contributed by atoms with E-state index in [2.05, 4.69) is 11.8 Å². The number of carbonyl (C=O) groups is 2. The van der Waals surface area contributed by atoms with Crippen LogP contribution in [0.3, 0.4) is 0 Å². The van der Waals surface area contributed by atoms with Crippen LogP contribution in [0.5, 0.6) is 0 Å². The summed E-state index contributed by atoms with van der Waals surface area (Å²) in [5.74, 6) is -6.32. The molecule has 11 nitrogen and oxygen atoms in total. The lowest BCUT2D eigenvalue weighted by Crippen LogP contribution is -2.77. The number of nitrogens with zero attached hydrogens (tertiary/aromatic N) is 1. The minimum atomic E-state index is -1.91. The van der Waals surface area contributed by atoms with Gasteiger partial charge >= 0.3 is 11.9 Å². The summed E-state index contributed by atoms with van der Waals surface area (Å²) in [4.78, 5) is 27.8. The second kappa shape index (κ2) is 10.1. The summed E-state index contributed by atoms with van der Waals surface area (Å²) in [7, 11) is 0. The van der Waals surface area contributed by atoms with Crippen molar-refractivity contribution >= 4 is 11.9 Å². The highest BCUT2D eigenvalue weighted by Crippen LogP contribution is 2.77. The van der Waals surface area contributed by atoms with Crippen LogP contribution in [-0.2, 0) is 23.8 Å². The van der Waals surface area contributed by atoms with Crippen molar-refractivity contribution < 1.29 is 49.3 Å². The van der Waals surface area contributed by atoms with Gasteiger partial charge in [-0.1, -0.05) is 27.7 Å². The zero-order valence-corrected chi connectivity index (χ0v) is 27.5. The molecule has 3 aliphatic heterocycles. The molecule has 4 aliphatic carbocycles. The first-order valence-electron chi connectivity index (χ1n) is 17.3. The van der Waals surface area contributed by atoms with E-state index in [1.54, 1.807) is 13.8 Å². The number of piperidine rings is 2. The van der Waals surface area contributed by atoms with Crippen LogP contribution in [0.1, 0.15) is 86.5 Å². The van der Waals surface area contributed by atoms with Crippen molar-refractivity contribution in [2.45, 2.75) is 140 Å². The van der Waals surface area contributed by atoms with Gasteiger partial charge in [-0.15, -0.1) is 0 Å². The highest BCUT2D eigenvalue weighted by Gasteiger charge is 2.87. The van der Waals surface area contributed by atoms with E-state index in [0.29, 0.717) is 31.7 Å². The Hall–Kier alpha value is -1.34. The van der Waals surface area contributed by atoms with Gasteiger partial charge in [0, 0.05) is 49.2 Å². The van der Waals surface area contributed by atoms with Crippen molar-refractivity contribution in [3.8, 4) is 0 Å². The molecule has 11 heteroatoms. The number of fused-ring (bicyclic) bond motifs is 5. The first kappa shape index (κ1) is 32.2. The van der Waals surface area contributed by atoms with E-state index < -0.39 is 99.9 Å². The molecular weight excluding hydrogens is 582 g/mol. The van der Waals surface area contributed by atoms with E-state index in [9.17, 15) is 35.1 Å². The molecule has 0 aromatic carbocycles. The lowest BCUT2D eigenvalue weighted by Gasteiger charge is -2.64. The van der Waals surface area contributed by atoms with Crippen molar-refractivity contribution in [2.75, 3.05) is 13.1 Å². The summed E-state index contributed by atoms with van der Waals surface area (Å²) < 4.78 is 18.6. The third-order valence-electron chi connectivity index (χ3n) is 14.3. The first-order chi connectivity index (χ1) is 21.0. The molecule has 0 amide bonds. The third-order valence-corrected chi connectivity index (χ3v) is 14.3. The monoisotopic (exact) mass is 635 g/mol. The number of hydrogen-bond acceptors (Lipinski definition) is 11. The second-order valence-corrected chi connectivity index (χ2v) is 16.6. The first-order valence-corrected chi connectivity index (χ1v) is 17.3. The van der Waals surface area contributed by atoms with Gasteiger partial charge in [-0.3, -0.25) is 14.5 Å². The molecule has 4 saturated carbocycles. The summed E-state index contributed by atoms with van der Waals surface area (Å²) in [6.07, 6.45) is -1.45. The topological polar surface area (TPSA) is 166 Å². The number of aliphatic hydroxyl groups excluding tert-OH is 2. The van der Waals surface area contributed by atoms with Crippen LogP contribution >= 0.6 is 0 Å². The Balaban J connectivity index is 1.38. The predicted octanol–water partition coefficient (Wildman–Crippen LogP) is 1.35. The fourth-order valence-corrected chi connectivity index (χ4v) is 12.3. The van der Waals surface area contributed by atoms with E-state index in [-0.39, 0.29) is 18.9 Å². The minimum absolute atomic E-state index is 0.0891.